The Hall–Kier alpha value is -1.44. The molecule has 1 aliphatic rings. The highest BCUT2D eigenvalue weighted by molar-refractivity contribution is 7.89. The van der Waals surface area contributed by atoms with E-state index in [-0.39, 0.29) is 16.8 Å². The molecule has 1 aromatic rings. The maximum atomic E-state index is 12.0. The molecule has 0 radical (unpaired) electrons. The van der Waals surface area contributed by atoms with Crippen LogP contribution in [0, 0.1) is 0 Å². The quantitative estimate of drug-likeness (QED) is 0.722. The molecule has 7 heteroatoms. The molecule has 1 saturated carbocycles. The Bertz CT molecular complexity index is 607. The van der Waals surface area contributed by atoms with E-state index in [0.29, 0.717) is 12.6 Å². The van der Waals surface area contributed by atoms with Crippen molar-refractivity contribution >= 4 is 15.9 Å². The van der Waals surface area contributed by atoms with Gasteiger partial charge >= 0.3 is 0 Å². The lowest BCUT2D eigenvalue weighted by Gasteiger charge is -2.17. The van der Waals surface area contributed by atoms with Crippen molar-refractivity contribution in [2.45, 2.75) is 56.1 Å². The molecule has 1 atom stereocenters. The molecule has 0 aliphatic heterocycles. The SMILES string of the molecule is CC(NCc1ccc(S(N)(=O)=O)cc1)C(=O)NC1CCCC1. The van der Waals surface area contributed by atoms with E-state index in [9.17, 15) is 13.2 Å². The minimum absolute atomic E-state index is 0.00746. The van der Waals surface area contributed by atoms with Gasteiger partial charge in [-0.3, -0.25) is 4.79 Å². The van der Waals surface area contributed by atoms with Crippen LogP contribution >= 0.6 is 0 Å². The molecule has 0 saturated heterocycles. The van der Waals surface area contributed by atoms with Crippen LogP contribution in [0.2, 0.25) is 0 Å². The summed E-state index contributed by atoms with van der Waals surface area (Å²) in [5, 5.41) is 11.2. The first-order chi connectivity index (χ1) is 10.4. The summed E-state index contributed by atoms with van der Waals surface area (Å²) >= 11 is 0. The van der Waals surface area contributed by atoms with Crippen molar-refractivity contribution in [3.63, 3.8) is 0 Å². The topological polar surface area (TPSA) is 101 Å². The highest BCUT2D eigenvalue weighted by Gasteiger charge is 2.20. The van der Waals surface area contributed by atoms with Gasteiger partial charge in [0.1, 0.15) is 0 Å². The summed E-state index contributed by atoms with van der Waals surface area (Å²) in [5.74, 6) is 0.00746. The number of carbonyl (C=O) groups is 1. The van der Waals surface area contributed by atoms with Crippen molar-refractivity contribution in [1.29, 1.82) is 0 Å². The smallest absolute Gasteiger partial charge is 0.238 e. The van der Waals surface area contributed by atoms with Gasteiger partial charge in [-0.25, -0.2) is 13.6 Å². The Morgan fingerprint density at radius 2 is 1.86 bits per heavy atom. The fourth-order valence-electron chi connectivity index (χ4n) is 2.56. The third-order valence-corrected chi connectivity index (χ3v) is 4.89. The van der Waals surface area contributed by atoms with Crippen LogP contribution in [0.4, 0.5) is 0 Å². The van der Waals surface area contributed by atoms with Gasteiger partial charge < -0.3 is 10.6 Å². The number of benzene rings is 1. The van der Waals surface area contributed by atoms with Gasteiger partial charge in [0.25, 0.3) is 0 Å². The molecule has 0 aromatic heterocycles. The van der Waals surface area contributed by atoms with E-state index in [2.05, 4.69) is 10.6 Å². The third-order valence-electron chi connectivity index (χ3n) is 3.96. The van der Waals surface area contributed by atoms with Crippen molar-refractivity contribution in [3.05, 3.63) is 29.8 Å². The number of amides is 1. The molecule has 2 rings (SSSR count). The van der Waals surface area contributed by atoms with E-state index >= 15 is 0 Å². The van der Waals surface area contributed by atoms with Crippen LogP contribution in [0.3, 0.4) is 0 Å². The van der Waals surface area contributed by atoms with Crippen molar-refractivity contribution in [1.82, 2.24) is 10.6 Å². The summed E-state index contributed by atoms with van der Waals surface area (Å²) in [5.41, 5.74) is 0.896. The highest BCUT2D eigenvalue weighted by atomic mass is 32.2. The predicted octanol–water partition coefficient (Wildman–Crippen LogP) is 0.871. The molecule has 6 nitrogen and oxygen atoms in total. The Labute approximate surface area is 131 Å². The molecular weight excluding hydrogens is 302 g/mol. The van der Waals surface area contributed by atoms with Crippen LogP contribution in [0.5, 0.6) is 0 Å². The fraction of sp³-hybridized carbons (Fsp3) is 0.533. The minimum atomic E-state index is -3.66. The van der Waals surface area contributed by atoms with E-state index in [1.807, 2.05) is 6.92 Å². The maximum Gasteiger partial charge on any atom is 0.238 e. The van der Waals surface area contributed by atoms with E-state index in [4.69, 9.17) is 5.14 Å². The molecule has 0 spiro atoms. The lowest BCUT2D eigenvalue weighted by molar-refractivity contribution is -0.123. The lowest BCUT2D eigenvalue weighted by atomic mass is 10.2. The van der Waals surface area contributed by atoms with Crippen LogP contribution in [0.1, 0.15) is 38.2 Å². The van der Waals surface area contributed by atoms with Gasteiger partial charge in [0, 0.05) is 12.6 Å². The summed E-state index contributed by atoms with van der Waals surface area (Å²) in [6.45, 7) is 2.31. The fourth-order valence-corrected chi connectivity index (χ4v) is 3.07. The van der Waals surface area contributed by atoms with E-state index < -0.39 is 10.0 Å². The molecule has 1 aliphatic carbocycles. The predicted molar refractivity (Wildman–Crippen MR) is 84.5 cm³/mol. The number of primary sulfonamides is 1. The zero-order valence-electron chi connectivity index (χ0n) is 12.7. The molecule has 22 heavy (non-hydrogen) atoms. The molecule has 1 amide bonds. The second kappa shape index (κ2) is 7.21. The van der Waals surface area contributed by atoms with E-state index in [1.54, 1.807) is 12.1 Å². The van der Waals surface area contributed by atoms with E-state index in [1.165, 1.54) is 25.0 Å². The molecule has 0 heterocycles. The zero-order valence-corrected chi connectivity index (χ0v) is 13.5. The van der Waals surface area contributed by atoms with Crippen molar-refractivity contribution < 1.29 is 13.2 Å². The second-order valence-electron chi connectivity index (χ2n) is 5.78. The molecule has 4 N–H and O–H groups in total. The second-order valence-corrected chi connectivity index (χ2v) is 7.34. The first-order valence-electron chi connectivity index (χ1n) is 7.52. The number of rotatable bonds is 6. The number of hydrogen-bond donors (Lipinski definition) is 3. The van der Waals surface area contributed by atoms with Gasteiger partial charge in [-0.05, 0) is 37.5 Å². The van der Waals surface area contributed by atoms with Gasteiger partial charge in [-0.15, -0.1) is 0 Å². The zero-order chi connectivity index (χ0) is 16.2. The largest absolute Gasteiger partial charge is 0.352 e. The average molecular weight is 325 g/mol. The van der Waals surface area contributed by atoms with Crippen LogP contribution < -0.4 is 15.8 Å². The molecule has 0 bridgehead atoms. The highest BCUT2D eigenvalue weighted by Crippen LogP contribution is 2.17. The van der Waals surface area contributed by atoms with Gasteiger partial charge in [-0.1, -0.05) is 25.0 Å². The first-order valence-corrected chi connectivity index (χ1v) is 9.06. The van der Waals surface area contributed by atoms with Gasteiger partial charge in [0.05, 0.1) is 10.9 Å². The lowest BCUT2D eigenvalue weighted by Crippen LogP contribution is -2.45. The molecule has 1 unspecified atom stereocenters. The van der Waals surface area contributed by atoms with Crippen LogP contribution in [0.15, 0.2) is 29.2 Å². The molecule has 122 valence electrons. The Balaban J connectivity index is 1.82. The molecule has 1 aromatic carbocycles. The minimum Gasteiger partial charge on any atom is -0.352 e. The summed E-state index contributed by atoms with van der Waals surface area (Å²) in [7, 11) is -3.66. The number of carbonyl (C=O) groups excluding carboxylic acids is 1. The van der Waals surface area contributed by atoms with Gasteiger partial charge in [0.2, 0.25) is 15.9 Å². The summed E-state index contributed by atoms with van der Waals surface area (Å²) in [6, 6.07) is 6.33. The van der Waals surface area contributed by atoms with Crippen LogP contribution in [-0.2, 0) is 21.4 Å². The number of nitrogens with one attached hydrogen (secondary N) is 2. The van der Waals surface area contributed by atoms with Gasteiger partial charge in [-0.2, -0.15) is 0 Å². The Morgan fingerprint density at radius 1 is 1.27 bits per heavy atom. The van der Waals surface area contributed by atoms with E-state index in [0.717, 1.165) is 18.4 Å². The Morgan fingerprint density at radius 3 is 2.41 bits per heavy atom. The monoisotopic (exact) mass is 325 g/mol. The van der Waals surface area contributed by atoms with Gasteiger partial charge in [0.15, 0.2) is 0 Å². The number of sulfonamides is 1. The molecular formula is C15H23N3O3S. The van der Waals surface area contributed by atoms with Crippen molar-refractivity contribution in [2.24, 2.45) is 5.14 Å². The van der Waals surface area contributed by atoms with Crippen molar-refractivity contribution in [3.8, 4) is 0 Å². The number of hydrogen-bond acceptors (Lipinski definition) is 4. The summed E-state index contributed by atoms with van der Waals surface area (Å²) < 4.78 is 22.3. The summed E-state index contributed by atoms with van der Waals surface area (Å²) in [6.07, 6.45) is 4.49. The average Bonchev–Trinajstić information content (AvgIpc) is 2.97. The third kappa shape index (κ3) is 4.79. The van der Waals surface area contributed by atoms with Crippen LogP contribution in [-0.4, -0.2) is 26.4 Å². The maximum absolute atomic E-state index is 12.0. The van der Waals surface area contributed by atoms with Crippen LogP contribution in [0.25, 0.3) is 0 Å². The van der Waals surface area contributed by atoms with Crippen molar-refractivity contribution in [2.75, 3.05) is 0 Å². The first kappa shape index (κ1) is 16.9. The number of nitrogens with two attached hydrogens (primary N) is 1. The Kier molecular flexibility index (Phi) is 5.55. The molecule has 1 fully saturated rings. The normalized spacial score (nSPS) is 17.4. The standard InChI is InChI=1S/C15H23N3O3S/c1-11(15(19)18-13-4-2-3-5-13)17-10-12-6-8-14(9-7-12)22(16,20)21/h6-9,11,13,17H,2-5,10H2,1H3,(H,18,19)(H2,16,20,21). The summed E-state index contributed by atoms with van der Waals surface area (Å²) in [4.78, 5) is 12.1.